The van der Waals surface area contributed by atoms with Crippen molar-refractivity contribution in [3.8, 4) is 0 Å². The lowest BCUT2D eigenvalue weighted by molar-refractivity contribution is 0.0196. The van der Waals surface area contributed by atoms with Crippen LogP contribution < -0.4 is 0 Å². The molecule has 0 aromatic rings. The number of hydrogen-bond acceptors (Lipinski definition) is 1. The maximum absolute atomic E-state index is 6.17. The van der Waals surface area contributed by atoms with Crippen LogP contribution in [0, 0.1) is 5.92 Å². The van der Waals surface area contributed by atoms with Crippen LogP contribution in [0.25, 0.3) is 0 Å². The second-order valence-corrected chi connectivity index (χ2v) is 6.11. The van der Waals surface area contributed by atoms with Gasteiger partial charge in [0.25, 0.3) is 0 Å². The molecule has 0 aromatic heterocycles. The first-order valence-electron chi connectivity index (χ1n) is 7.96. The smallest absolute Gasteiger partial charge is 0.0852 e. The van der Waals surface area contributed by atoms with Crippen molar-refractivity contribution in [1.82, 2.24) is 0 Å². The first kappa shape index (κ1) is 12.5. The van der Waals surface area contributed by atoms with Crippen molar-refractivity contribution in [1.29, 1.82) is 0 Å². The molecule has 0 N–H and O–H groups in total. The summed E-state index contributed by atoms with van der Waals surface area (Å²) in [5.41, 5.74) is 3.20. The van der Waals surface area contributed by atoms with Crippen LogP contribution in [-0.2, 0) is 4.74 Å². The summed E-state index contributed by atoms with van der Waals surface area (Å²) in [5, 5.41) is 0. The molecule has 1 aliphatic heterocycles. The number of rotatable bonds is 2. The molecule has 0 amide bonds. The molecule has 1 heteroatoms. The van der Waals surface area contributed by atoms with E-state index in [1.165, 1.54) is 57.8 Å². The van der Waals surface area contributed by atoms with Crippen molar-refractivity contribution in [3.63, 3.8) is 0 Å². The van der Waals surface area contributed by atoms with Crippen LogP contribution in [0.1, 0.15) is 64.2 Å². The monoisotopic (exact) mass is 246 g/mol. The van der Waals surface area contributed by atoms with Gasteiger partial charge in [-0.05, 0) is 62.0 Å². The summed E-state index contributed by atoms with van der Waals surface area (Å²) in [7, 11) is 0. The Hall–Kier alpha value is -0.560. The van der Waals surface area contributed by atoms with Gasteiger partial charge in [-0.25, -0.2) is 0 Å². The highest BCUT2D eigenvalue weighted by atomic mass is 16.5. The van der Waals surface area contributed by atoms with Gasteiger partial charge >= 0.3 is 0 Å². The summed E-state index contributed by atoms with van der Waals surface area (Å²) in [6.07, 6.45) is 18.9. The molecule has 1 atom stereocenters. The Balaban J connectivity index is 1.76. The van der Waals surface area contributed by atoms with Crippen LogP contribution in [0.15, 0.2) is 23.3 Å². The van der Waals surface area contributed by atoms with E-state index in [0.717, 1.165) is 18.9 Å². The van der Waals surface area contributed by atoms with E-state index in [1.807, 2.05) is 0 Å². The average Bonchev–Trinajstić information content (AvgIpc) is 2.49. The third-order valence-electron chi connectivity index (χ3n) is 4.83. The summed E-state index contributed by atoms with van der Waals surface area (Å²) in [6.45, 7) is 0.942. The fourth-order valence-corrected chi connectivity index (χ4v) is 3.86. The topological polar surface area (TPSA) is 9.23 Å². The molecule has 0 saturated heterocycles. The molecule has 0 spiro atoms. The molecule has 1 nitrogen and oxygen atoms in total. The van der Waals surface area contributed by atoms with Crippen LogP contribution in [0.3, 0.4) is 0 Å². The van der Waals surface area contributed by atoms with Crippen LogP contribution in [0.5, 0.6) is 0 Å². The Kier molecular flexibility index (Phi) is 4.20. The molecule has 100 valence electrons. The third kappa shape index (κ3) is 2.71. The minimum atomic E-state index is 0.434. The maximum atomic E-state index is 6.17. The van der Waals surface area contributed by atoms with Gasteiger partial charge in [-0.2, -0.15) is 0 Å². The van der Waals surface area contributed by atoms with Gasteiger partial charge in [-0.1, -0.05) is 31.4 Å². The lowest BCUT2D eigenvalue weighted by Gasteiger charge is -2.35. The van der Waals surface area contributed by atoms with E-state index < -0.39 is 0 Å². The quantitative estimate of drug-likeness (QED) is 0.681. The lowest BCUT2D eigenvalue weighted by atomic mass is 9.78. The van der Waals surface area contributed by atoms with Crippen LogP contribution in [0.2, 0.25) is 0 Å². The van der Waals surface area contributed by atoms with Crippen LogP contribution >= 0.6 is 0 Å². The lowest BCUT2D eigenvalue weighted by Crippen LogP contribution is -2.31. The molecule has 0 aromatic carbocycles. The highest BCUT2D eigenvalue weighted by Gasteiger charge is 2.30. The van der Waals surface area contributed by atoms with Gasteiger partial charge in [0, 0.05) is 0 Å². The van der Waals surface area contributed by atoms with Gasteiger partial charge in [0.1, 0.15) is 0 Å². The second-order valence-electron chi connectivity index (χ2n) is 6.11. The fraction of sp³-hybridized carbons (Fsp3) is 0.765. The van der Waals surface area contributed by atoms with E-state index in [4.69, 9.17) is 4.74 Å². The third-order valence-corrected chi connectivity index (χ3v) is 4.83. The molecule has 0 radical (unpaired) electrons. The predicted molar refractivity (Wildman–Crippen MR) is 75.6 cm³/mol. The minimum absolute atomic E-state index is 0.434. The Morgan fingerprint density at radius 2 is 1.78 bits per heavy atom. The Morgan fingerprint density at radius 1 is 0.889 bits per heavy atom. The minimum Gasteiger partial charge on any atom is -0.373 e. The molecule has 1 saturated carbocycles. The van der Waals surface area contributed by atoms with E-state index in [-0.39, 0.29) is 0 Å². The molecule has 1 fully saturated rings. The molecule has 0 bridgehead atoms. The second kappa shape index (κ2) is 6.06. The summed E-state index contributed by atoms with van der Waals surface area (Å²) in [6, 6.07) is 0. The van der Waals surface area contributed by atoms with Crippen molar-refractivity contribution >= 4 is 0 Å². The number of hydrogen-bond donors (Lipinski definition) is 0. The van der Waals surface area contributed by atoms with Crippen molar-refractivity contribution in [2.75, 3.05) is 6.61 Å². The first-order valence-corrected chi connectivity index (χ1v) is 7.96. The molecule has 18 heavy (non-hydrogen) atoms. The van der Waals surface area contributed by atoms with Gasteiger partial charge in [-0.15, -0.1) is 0 Å². The van der Waals surface area contributed by atoms with E-state index in [2.05, 4.69) is 12.2 Å². The first-order chi connectivity index (χ1) is 8.95. The highest BCUT2D eigenvalue weighted by molar-refractivity contribution is 5.36. The van der Waals surface area contributed by atoms with E-state index in [0.29, 0.717) is 6.10 Å². The Labute approximate surface area is 111 Å². The summed E-state index contributed by atoms with van der Waals surface area (Å²) < 4.78 is 6.17. The molecule has 1 unspecified atom stereocenters. The molecular weight excluding hydrogens is 220 g/mol. The van der Waals surface area contributed by atoms with Gasteiger partial charge < -0.3 is 4.74 Å². The van der Waals surface area contributed by atoms with Crippen molar-refractivity contribution in [3.05, 3.63) is 23.3 Å². The van der Waals surface area contributed by atoms with Gasteiger partial charge in [0.2, 0.25) is 0 Å². The summed E-state index contributed by atoms with van der Waals surface area (Å²) in [4.78, 5) is 0. The van der Waals surface area contributed by atoms with Crippen molar-refractivity contribution in [2.45, 2.75) is 70.3 Å². The zero-order chi connectivity index (χ0) is 12.2. The normalized spacial score (nSPS) is 30.8. The van der Waals surface area contributed by atoms with Crippen LogP contribution in [-0.4, -0.2) is 12.7 Å². The van der Waals surface area contributed by atoms with Crippen molar-refractivity contribution < 1.29 is 4.74 Å². The number of allylic oxidation sites excluding steroid dienone is 1. The zero-order valence-electron chi connectivity index (χ0n) is 11.5. The molecule has 2 aliphatic carbocycles. The molecule has 1 heterocycles. The summed E-state index contributed by atoms with van der Waals surface area (Å²) >= 11 is 0. The van der Waals surface area contributed by atoms with E-state index in [9.17, 15) is 0 Å². The van der Waals surface area contributed by atoms with Gasteiger partial charge in [0.05, 0.1) is 12.7 Å². The predicted octanol–water partition coefficient (Wildman–Crippen LogP) is 4.78. The standard InChI is InChI=1S/C17H26O/c1-3-8-14(9-4-1)16-12-7-13-18-17(16)15-10-5-2-6-11-15/h8,12,15,17H,1-7,9-11,13H2. The fourth-order valence-electron chi connectivity index (χ4n) is 3.86. The maximum Gasteiger partial charge on any atom is 0.0852 e. The van der Waals surface area contributed by atoms with E-state index >= 15 is 0 Å². The van der Waals surface area contributed by atoms with Gasteiger partial charge in [0.15, 0.2) is 0 Å². The van der Waals surface area contributed by atoms with Crippen molar-refractivity contribution in [2.24, 2.45) is 5.92 Å². The zero-order valence-corrected chi connectivity index (χ0v) is 11.5. The van der Waals surface area contributed by atoms with Gasteiger partial charge in [-0.3, -0.25) is 0 Å². The summed E-state index contributed by atoms with van der Waals surface area (Å²) in [5.74, 6) is 0.799. The molecular formula is C17H26O. The highest BCUT2D eigenvalue weighted by Crippen LogP contribution is 2.37. The largest absolute Gasteiger partial charge is 0.373 e. The molecule has 3 rings (SSSR count). The van der Waals surface area contributed by atoms with E-state index in [1.54, 1.807) is 11.1 Å². The Morgan fingerprint density at radius 3 is 2.56 bits per heavy atom. The Bertz CT molecular complexity index is 334. The SMILES string of the molecule is C1=C(C2=CCCOC2C2CCCCC2)CCCC1. The van der Waals surface area contributed by atoms with Crippen LogP contribution in [0.4, 0.5) is 0 Å². The molecule has 3 aliphatic rings. The number of ether oxygens (including phenoxy) is 1. The average molecular weight is 246 g/mol.